The third kappa shape index (κ3) is 4.25. The Morgan fingerprint density at radius 1 is 1.35 bits per heavy atom. The molecule has 2 aromatic heterocycles. The molecule has 6 heteroatoms. The number of ether oxygens (including phenoxy) is 1. The Morgan fingerprint density at radius 2 is 2.19 bits per heavy atom. The average molecular weight is 355 g/mol. The molecule has 26 heavy (non-hydrogen) atoms. The summed E-state index contributed by atoms with van der Waals surface area (Å²) in [5.41, 5.74) is 1.98. The summed E-state index contributed by atoms with van der Waals surface area (Å²) in [4.78, 5) is 12.3. The molecule has 1 aromatic carbocycles. The van der Waals surface area contributed by atoms with Gasteiger partial charge in [0, 0.05) is 37.0 Å². The van der Waals surface area contributed by atoms with Crippen LogP contribution in [0.3, 0.4) is 0 Å². The number of anilines is 1. The molecule has 3 rings (SSSR count). The first-order valence-corrected chi connectivity index (χ1v) is 8.94. The van der Waals surface area contributed by atoms with Crippen molar-refractivity contribution >= 4 is 22.5 Å². The maximum Gasteiger partial charge on any atom is 0.254 e. The van der Waals surface area contributed by atoms with Gasteiger partial charge in [0.1, 0.15) is 5.76 Å². The first-order chi connectivity index (χ1) is 12.6. The van der Waals surface area contributed by atoms with Crippen molar-refractivity contribution in [3.05, 3.63) is 42.3 Å². The zero-order valence-electron chi connectivity index (χ0n) is 15.5. The fourth-order valence-electron chi connectivity index (χ4n) is 2.88. The van der Waals surface area contributed by atoms with Crippen molar-refractivity contribution < 1.29 is 14.1 Å². The topological polar surface area (TPSA) is 69.3 Å². The molecule has 0 fully saturated rings. The Labute approximate surface area is 153 Å². The van der Waals surface area contributed by atoms with E-state index in [1.54, 1.807) is 6.07 Å². The smallest absolute Gasteiger partial charge is 0.254 e. The Balaban J connectivity index is 1.65. The molecule has 6 nitrogen and oxygen atoms in total. The second-order valence-electron chi connectivity index (χ2n) is 6.81. The van der Waals surface area contributed by atoms with Crippen molar-refractivity contribution in [2.24, 2.45) is 5.92 Å². The highest BCUT2D eigenvalue weighted by Gasteiger charge is 2.11. The van der Waals surface area contributed by atoms with Crippen LogP contribution in [-0.2, 0) is 17.8 Å². The van der Waals surface area contributed by atoms with E-state index in [1.165, 1.54) is 7.11 Å². The van der Waals surface area contributed by atoms with Gasteiger partial charge in [-0.3, -0.25) is 4.79 Å². The lowest BCUT2D eigenvalue weighted by Gasteiger charge is -2.10. The molecule has 2 heterocycles. The number of fused-ring (bicyclic) bond motifs is 1. The van der Waals surface area contributed by atoms with Crippen LogP contribution in [0.2, 0.25) is 0 Å². The van der Waals surface area contributed by atoms with Gasteiger partial charge in [0.05, 0.1) is 18.3 Å². The number of carbonyl (C=O) groups excluding carboxylic acids is 1. The van der Waals surface area contributed by atoms with E-state index in [1.807, 2.05) is 12.1 Å². The summed E-state index contributed by atoms with van der Waals surface area (Å²) in [5, 5.41) is 7.81. The van der Waals surface area contributed by atoms with Gasteiger partial charge < -0.3 is 19.1 Å². The predicted octanol–water partition coefficient (Wildman–Crippen LogP) is 4.26. The second kappa shape index (κ2) is 8.08. The van der Waals surface area contributed by atoms with E-state index in [0.717, 1.165) is 29.6 Å². The fraction of sp³-hybridized carbons (Fsp3) is 0.400. The monoisotopic (exact) mass is 355 g/mol. The lowest BCUT2D eigenvalue weighted by Crippen LogP contribution is -2.12. The lowest BCUT2D eigenvalue weighted by molar-refractivity contribution is -0.116. The highest BCUT2D eigenvalue weighted by Crippen LogP contribution is 2.25. The van der Waals surface area contributed by atoms with Crippen LogP contribution in [0.25, 0.3) is 10.9 Å². The Hall–Kier alpha value is -2.76. The number of methoxy groups -OCH3 is 1. The fourth-order valence-corrected chi connectivity index (χ4v) is 2.88. The van der Waals surface area contributed by atoms with Crippen LogP contribution < -0.4 is 10.1 Å². The number of aryl methyl sites for hydroxylation is 2. The number of carbonyl (C=O) groups is 1. The predicted molar refractivity (Wildman–Crippen MR) is 101 cm³/mol. The molecule has 0 unspecified atom stereocenters. The molecule has 0 saturated heterocycles. The number of rotatable bonds is 8. The van der Waals surface area contributed by atoms with E-state index in [9.17, 15) is 4.79 Å². The molecule has 0 radical (unpaired) electrons. The van der Waals surface area contributed by atoms with Crippen LogP contribution in [0.1, 0.15) is 32.4 Å². The number of amides is 1. The zero-order valence-corrected chi connectivity index (χ0v) is 15.5. The first kappa shape index (κ1) is 18.0. The molecule has 0 aliphatic carbocycles. The standard InChI is InChI=1S/C20H25N3O3/c1-14(2)9-11-23-12-10-16-17(5-4-6-18(16)23)21-19(24)8-7-15-13-20(25-3)22-26-15/h4-6,10,12-14H,7-9,11H2,1-3H3,(H,21,24). The van der Waals surface area contributed by atoms with Gasteiger partial charge >= 0.3 is 0 Å². The van der Waals surface area contributed by atoms with E-state index in [4.69, 9.17) is 9.26 Å². The van der Waals surface area contributed by atoms with Crippen molar-refractivity contribution in [1.82, 2.24) is 9.72 Å². The number of aromatic nitrogens is 2. The minimum absolute atomic E-state index is 0.0530. The van der Waals surface area contributed by atoms with Crippen LogP contribution >= 0.6 is 0 Å². The normalized spacial score (nSPS) is 11.2. The van der Waals surface area contributed by atoms with Gasteiger partial charge in [0.25, 0.3) is 5.88 Å². The number of hydrogen-bond acceptors (Lipinski definition) is 4. The van der Waals surface area contributed by atoms with Crippen LogP contribution in [0, 0.1) is 5.92 Å². The summed E-state index contributed by atoms with van der Waals surface area (Å²) in [5.74, 6) is 1.66. The van der Waals surface area contributed by atoms with Crippen molar-refractivity contribution in [3.63, 3.8) is 0 Å². The quantitative estimate of drug-likeness (QED) is 0.656. The highest BCUT2D eigenvalue weighted by molar-refractivity contribution is 6.01. The molecule has 3 aromatic rings. The van der Waals surface area contributed by atoms with Crippen molar-refractivity contribution in [2.45, 2.75) is 39.7 Å². The average Bonchev–Trinajstić information content (AvgIpc) is 3.25. The van der Waals surface area contributed by atoms with Crippen molar-refractivity contribution in [1.29, 1.82) is 0 Å². The minimum atomic E-state index is -0.0530. The Morgan fingerprint density at radius 3 is 2.92 bits per heavy atom. The van der Waals surface area contributed by atoms with E-state index in [0.29, 0.717) is 30.4 Å². The third-order valence-electron chi connectivity index (χ3n) is 4.38. The zero-order chi connectivity index (χ0) is 18.5. The Bertz CT molecular complexity index is 879. The Kier molecular flexibility index (Phi) is 5.61. The SMILES string of the molecule is COc1cc(CCC(=O)Nc2cccc3c2ccn3CCC(C)C)on1. The van der Waals surface area contributed by atoms with Gasteiger partial charge in [-0.05, 0) is 35.7 Å². The van der Waals surface area contributed by atoms with Crippen LogP contribution in [0.4, 0.5) is 5.69 Å². The summed E-state index contributed by atoms with van der Waals surface area (Å²) in [6.07, 6.45) is 4.01. The van der Waals surface area contributed by atoms with Gasteiger partial charge in [-0.1, -0.05) is 19.9 Å². The van der Waals surface area contributed by atoms with E-state index in [2.05, 4.69) is 47.2 Å². The van der Waals surface area contributed by atoms with Crippen LogP contribution in [0.5, 0.6) is 5.88 Å². The number of benzene rings is 1. The van der Waals surface area contributed by atoms with Gasteiger partial charge in [0.15, 0.2) is 0 Å². The van der Waals surface area contributed by atoms with Crippen LogP contribution in [-0.4, -0.2) is 22.7 Å². The third-order valence-corrected chi connectivity index (χ3v) is 4.38. The van der Waals surface area contributed by atoms with E-state index in [-0.39, 0.29) is 5.91 Å². The number of nitrogens with zero attached hydrogens (tertiary/aromatic N) is 2. The first-order valence-electron chi connectivity index (χ1n) is 8.94. The molecular weight excluding hydrogens is 330 g/mol. The molecule has 0 aliphatic heterocycles. The molecule has 138 valence electrons. The summed E-state index contributed by atoms with van der Waals surface area (Å²) in [6.45, 7) is 5.43. The molecule has 0 bridgehead atoms. The summed E-state index contributed by atoms with van der Waals surface area (Å²) in [6, 6.07) is 9.76. The van der Waals surface area contributed by atoms with Crippen LogP contribution in [0.15, 0.2) is 41.1 Å². The van der Waals surface area contributed by atoms with E-state index < -0.39 is 0 Å². The highest BCUT2D eigenvalue weighted by atomic mass is 16.5. The minimum Gasteiger partial charge on any atom is -0.479 e. The molecule has 1 amide bonds. The summed E-state index contributed by atoms with van der Waals surface area (Å²) < 4.78 is 12.3. The van der Waals surface area contributed by atoms with E-state index >= 15 is 0 Å². The van der Waals surface area contributed by atoms with Gasteiger partial charge in [-0.15, -0.1) is 0 Å². The van der Waals surface area contributed by atoms with Gasteiger partial charge in [0.2, 0.25) is 5.91 Å². The molecular formula is C20H25N3O3. The van der Waals surface area contributed by atoms with Crippen molar-refractivity contribution in [3.8, 4) is 5.88 Å². The maximum atomic E-state index is 12.3. The molecule has 0 atom stereocenters. The molecule has 1 N–H and O–H groups in total. The largest absolute Gasteiger partial charge is 0.479 e. The molecule has 0 saturated carbocycles. The number of hydrogen-bond donors (Lipinski definition) is 1. The van der Waals surface area contributed by atoms with Gasteiger partial charge in [-0.2, -0.15) is 0 Å². The summed E-state index contributed by atoms with van der Waals surface area (Å²) in [7, 11) is 1.53. The maximum absolute atomic E-state index is 12.3. The van der Waals surface area contributed by atoms with Gasteiger partial charge in [-0.25, -0.2) is 0 Å². The summed E-state index contributed by atoms with van der Waals surface area (Å²) >= 11 is 0. The molecule has 0 spiro atoms. The second-order valence-corrected chi connectivity index (χ2v) is 6.81. The lowest BCUT2D eigenvalue weighted by atomic mass is 10.1. The number of nitrogens with one attached hydrogen (secondary N) is 1. The molecule has 0 aliphatic rings. The van der Waals surface area contributed by atoms with Crippen molar-refractivity contribution in [2.75, 3.05) is 12.4 Å².